The van der Waals surface area contributed by atoms with Crippen molar-refractivity contribution in [2.24, 2.45) is 0 Å². The Balaban J connectivity index is 1.68. The van der Waals surface area contributed by atoms with E-state index in [1.165, 1.54) is 10.9 Å². The number of piperidine rings is 1. The smallest absolute Gasteiger partial charge is 0.410 e. The fourth-order valence-corrected chi connectivity index (χ4v) is 2.99. The normalized spacial score (nSPS) is 18.2. The van der Waals surface area contributed by atoms with Crippen molar-refractivity contribution in [3.63, 3.8) is 0 Å². The molecule has 0 aliphatic carbocycles. The molecule has 0 spiro atoms. The van der Waals surface area contributed by atoms with Crippen molar-refractivity contribution in [3.05, 3.63) is 36.0 Å². The fourth-order valence-electron chi connectivity index (χ4n) is 2.99. The highest BCUT2D eigenvalue weighted by Crippen LogP contribution is 2.28. The summed E-state index contributed by atoms with van der Waals surface area (Å²) in [5.41, 5.74) is 1.43. The van der Waals surface area contributed by atoms with Gasteiger partial charge in [-0.2, -0.15) is 0 Å². The van der Waals surface area contributed by atoms with E-state index in [1.54, 1.807) is 4.90 Å². The lowest BCUT2D eigenvalue weighted by Crippen LogP contribution is -2.42. The highest BCUT2D eigenvalue weighted by molar-refractivity contribution is 5.68. The van der Waals surface area contributed by atoms with Crippen LogP contribution in [0.3, 0.4) is 0 Å². The summed E-state index contributed by atoms with van der Waals surface area (Å²) in [5.74, 6) is -0.211. The van der Waals surface area contributed by atoms with Crippen LogP contribution in [-0.4, -0.2) is 35.0 Å². The summed E-state index contributed by atoms with van der Waals surface area (Å²) in [6.45, 7) is 7.00. The summed E-state index contributed by atoms with van der Waals surface area (Å²) in [6.07, 6.45) is 3.01. The third-order valence-corrected chi connectivity index (χ3v) is 4.15. The molecule has 1 amide bonds. The molecular weight excluding hydrogens is 322 g/mol. The summed E-state index contributed by atoms with van der Waals surface area (Å²) >= 11 is 0. The molecule has 2 aromatic rings. The van der Waals surface area contributed by atoms with Crippen molar-refractivity contribution in [3.8, 4) is 11.6 Å². The Kier molecular flexibility index (Phi) is 4.65. The van der Waals surface area contributed by atoms with Crippen LogP contribution in [0.2, 0.25) is 0 Å². The number of benzene rings is 1. The van der Waals surface area contributed by atoms with Crippen molar-refractivity contribution < 1.29 is 23.8 Å². The number of hydrogen-bond donors (Lipinski definition) is 0. The number of nitrogens with zero attached hydrogens (tertiary/aromatic N) is 3. The highest BCUT2D eigenvalue weighted by Gasteiger charge is 2.28. The Morgan fingerprint density at radius 2 is 2.08 bits per heavy atom. The predicted molar refractivity (Wildman–Crippen MR) is 87.3 cm³/mol. The van der Waals surface area contributed by atoms with Gasteiger partial charge < -0.3 is 19.3 Å². The summed E-state index contributed by atoms with van der Waals surface area (Å²) < 4.78 is 11.4. The van der Waals surface area contributed by atoms with E-state index in [1.807, 2.05) is 45.0 Å². The van der Waals surface area contributed by atoms with E-state index in [0.717, 1.165) is 30.6 Å². The minimum absolute atomic E-state index is 0.255. The second kappa shape index (κ2) is 6.74. The van der Waals surface area contributed by atoms with E-state index < -0.39 is 11.5 Å². The lowest BCUT2D eigenvalue weighted by Gasteiger charge is -2.34. The van der Waals surface area contributed by atoms with Crippen molar-refractivity contribution in [2.75, 3.05) is 13.1 Å². The van der Waals surface area contributed by atoms with Gasteiger partial charge in [0.15, 0.2) is 0 Å². The molecule has 0 bridgehead atoms. The molecule has 1 unspecified atom stereocenters. The zero-order valence-electron chi connectivity index (χ0n) is 14.8. The summed E-state index contributed by atoms with van der Waals surface area (Å²) in [4.78, 5) is 14.1. The number of aromatic nitrogens is 2. The number of likely N-dealkylation sites (tertiary alicyclic amines) is 1. The maximum Gasteiger partial charge on any atom is 0.410 e. The second-order valence-corrected chi connectivity index (χ2v) is 7.32. The van der Waals surface area contributed by atoms with E-state index >= 15 is 0 Å². The van der Waals surface area contributed by atoms with Crippen LogP contribution in [-0.2, 0) is 4.74 Å². The van der Waals surface area contributed by atoms with Crippen LogP contribution < -0.4 is 9.79 Å². The standard InChI is InChI=1S/C18H23N3O4/c1-18(2,3)24-17(23)20-10-4-5-14(11-20)13-6-8-15(9-7-13)21-12-16(22)25-19-21/h6-9,12,14H,4-5,10-11H2,1-3H3. The van der Waals surface area contributed by atoms with Gasteiger partial charge in [0.1, 0.15) is 11.5 Å². The van der Waals surface area contributed by atoms with Crippen LogP contribution in [0, 0.1) is 0 Å². The van der Waals surface area contributed by atoms with Crippen LogP contribution in [0.25, 0.3) is 5.69 Å². The van der Waals surface area contributed by atoms with Crippen molar-refractivity contribution in [2.45, 2.75) is 45.1 Å². The summed E-state index contributed by atoms with van der Waals surface area (Å²) in [6, 6.07) is 7.79. The van der Waals surface area contributed by atoms with Gasteiger partial charge in [0.2, 0.25) is 11.9 Å². The number of carbonyl (C=O) groups excluding carboxylic acids is 1. The predicted octanol–water partition coefficient (Wildman–Crippen LogP) is 2.14. The molecule has 1 aromatic carbocycles. The second-order valence-electron chi connectivity index (χ2n) is 7.32. The van der Waals surface area contributed by atoms with E-state index in [-0.39, 0.29) is 12.0 Å². The quantitative estimate of drug-likeness (QED) is 0.779. The highest BCUT2D eigenvalue weighted by atomic mass is 16.6. The molecule has 1 atom stereocenters. The Morgan fingerprint density at radius 1 is 1.36 bits per heavy atom. The Hall–Kier alpha value is -2.57. The first kappa shape index (κ1) is 17.3. The molecule has 1 aliphatic rings. The van der Waals surface area contributed by atoms with Crippen LogP contribution >= 0.6 is 0 Å². The lowest BCUT2D eigenvalue weighted by molar-refractivity contribution is -0.670. The number of hydrogen-bond acceptors (Lipinski definition) is 5. The van der Waals surface area contributed by atoms with Gasteiger partial charge in [-0.25, -0.2) is 4.79 Å². The number of ether oxygens (including phenoxy) is 1. The summed E-state index contributed by atoms with van der Waals surface area (Å²) in [7, 11) is 0. The molecule has 0 radical (unpaired) electrons. The number of carbonyl (C=O) groups is 1. The minimum Gasteiger partial charge on any atom is -0.539 e. The van der Waals surface area contributed by atoms with Gasteiger partial charge in [0.25, 0.3) is 0 Å². The molecule has 1 fully saturated rings. The van der Waals surface area contributed by atoms with Crippen molar-refractivity contribution in [1.29, 1.82) is 0 Å². The van der Waals surface area contributed by atoms with Gasteiger partial charge in [-0.05, 0) is 43.9 Å². The largest absolute Gasteiger partial charge is 0.539 e. The average molecular weight is 345 g/mol. The van der Waals surface area contributed by atoms with E-state index in [2.05, 4.69) is 9.79 Å². The maximum atomic E-state index is 12.3. The maximum absolute atomic E-state index is 12.3. The fraction of sp³-hybridized carbons (Fsp3) is 0.500. The van der Waals surface area contributed by atoms with Gasteiger partial charge in [0.05, 0.1) is 5.27 Å². The molecular formula is C18H23N3O4. The Bertz CT molecular complexity index is 734. The van der Waals surface area contributed by atoms with Crippen LogP contribution in [0.15, 0.2) is 35.0 Å². The zero-order valence-corrected chi connectivity index (χ0v) is 14.8. The molecule has 25 heavy (non-hydrogen) atoms. The van der Waals surface area contributed by atoms with E-state index in [4.69, 9.17) is 4.74 Å². The first-order chi connectivity index (χ1) is 11.8. The molecule has 1 saturated heterocycles. The molecule has 7 heteroatoms. The first-order valence-corrected chi connectivity index (χ1v) is 8.46. The molecule has 7 nitrogen and oxygen atoms in total. The molecule has 134 valence electrons. The zero-order chi connectivity index (χ0) is 18.0. The van der Waals surface area contributed by atoms with Crippen molar-refractivity contribution >= 4 is 6.09 Å². The van der Waals surface area contributed by atoms with Gasteiger partial charge in [-0.15, -0.1) is 0 Å². The minimum atomic E-state index is -0.485. The monoisotopic (exact) mass is 345 g/mol. The third-order valence-electron chi connectivity index (χ3n) is 4.15. The molecule has 1 aromatic heterocycles. The van der Waals surface area contributed by atoms with Gasteiger partial charge in [0, 0.05) is 31.1 Å². The van der Waals surface area contributed by atoms with Crippen LogP contribution in [0.1, 0.15) is 45.1 Å². The molecule has 0 saturated carbocycles. The lowest BCUT2D eigenvalue weighted by atomic mass is 9.91. The molecule has 3 rings (SSSR count). The Morgan fingerprint density at radius 3 is 2.68 bits per heavy atom. The van der Waals surface area contributed by atoms with E-state index in [0.29, 0.717) is 6.54 Å². The van der Waals surface area contributed by atoms with E-state index in [9.17, 15) is 9.90 Å². The molecule has 2 heterocycles. The van der Waals surface area contributed by atoms with Gasteiger partial charge in [-0.3, -0.25) is 0 Å². The molecule has 0 N–H and O–H groups in total. The average Bonchev–Trinajstić information content (AvgIpc) is 3.00. The van der Waals surface area contributed by atoms with Crippen molar-refractivity contribution in [1.82, 2.24) is 10.2 Å². The van der Waals surface area contributed by atoms with Gasteiger partial charge >= 0.3 is 6.09 Å². The first-order valence-electron chi connectivity index (χ1n) is 8.46. The van der Waals surface area contributed by atoms with Gasteiger partial charge in [-0.1, -0.05) is 12.1 Å². The molecule has 1 aliphatic heterocycles. The number of amides is 1. The topological polar surface area (TPSA) is 82.5 Å². The third kappa shape index (κ3) is 4.29. The van der Waals surface area contributed by atoms with Crippen LogP contribution in [0.5, 0.6) is 5.95 Å². The Labute approximate surface area is 146 Å². The SMILES string of the molecule is CC(C)(C)OC(=O)N1CCCC(c2ccc(-[n+]3cc([O-])on3)cc2)C1. The van der Waals surface area contributed by atoms with Crippen LogP contribution in [0.4, 0.5) is 4.79 Å². The number of rotatable bonds is 2. The summed E-state index contributed by atoms with van der Waals surface area (Å²) in [5, 5.41) is 14.7.